The van der Waals surface area contributed by atoms with Crippen molar-refractivity contribution in [3.8, 4) is 0 Å². The largest absolute Gasteiger partial charge is 0.303 e. The lowest BCUT2D eigenvalue weighted by Crippen LogP contribution is -2.29. The summed E-state index contributed by atoms with van der Waals surface area (Å²) >= 11 is 5.70. The van der Waals surface area contributed by atoms with Gasteiger partial charge < -0.3 is 4.90 Å². The van der Waals surface area contributed by atoms with Crippen LogP contribution in [0.3, 0.4) is 0 Å². The molecule has 0 unspecified atom stereocenters. The molecule has 2 fully saturated rings. The molecule has 0 aromatic heterocycles. The Kier molecular flexibility index (Phi) is 4.12. The third-order valence-electron chi connectivity index (χ3n) is 3.28. The van der Waals surface area contributed by atoms with Crippen LogP contribution in [0.15, 0.2) is 0 Å². The zero-order chi connectivity index (χ0) is 9.80. The third kappa shape index (κ3) is 4.18. The molecular weight excluding hydrogens is 194 g/mol. The van der Waals surface area contributed by atoms with E-state index in [0.29, 0.717) is 0 Å². The molecule has 0 heterocycles. The van der Waals surface area contributed by atoms with E-state index in [4.69, 9.17) is 11.6 Å². The molecule has 0 saturated heterocycles. The summed E-state index contributed by atoms with van der Waals surface area (Å²) in [5.41, 5.74) is 0. The number of halogens is 1. The number of nitrogens with zero attached hydrogens (tertiary/aromatic N) is 1. The average molecular weight is 216 g/mol. The summed E-state index contributed by atoms with van der Waals surface area (Å²) in [5, 5.41) is 0. The van der Waals surface area contributed by atoms with Crippen LogP contribution in [-0.4, -0.2) is 30.4 Å². The maximum atomic E-state index is 5.70. The predicted octanol–water partition coefficient (Wildman–Crippen LogP) is 3.13. The minimum atomic E-state index is 0.834. The molecule has 2 rings (SSSR count). The predicted molar refractivity (Wildman–Crippen MR) is 61.8 cm³/mol. The number of alkyl halides is 1. The van der Waals surface area contributed by atoms with Gasteiger partial charge in [0.05, 0.1) is 0 Å². The number of hydrogen-bond donors (Lipinski definition) is 0. The van der Waals surface area contributed by atoms with Crippen LogP contribution in [0.5, 0.6) is 0 Å². The van der Waals surface area contributed by atoms with E-state index in [-0.39, 0.29) is 0 Å². The van der Waals surface area contributed by atoms with Gasteiger partial charge in [-0.25, -0.2) is 0 Å². The zero-order valence-corrected chi connectivity index (χ0v) is 9.81. The molecule has 2 heteroatoms. The second-order valence-corrected chi connectivity index (χ2v) is 5.42. The highest BCUT2D eigenvalue weighted by atomic mass is 35.5. The van der Waals surface area contributed by atoms with Crippen molar-refractivity contribution in [2.24, 2.45) is 11.8 Å². The van der Waals surface area contributed by atoms with Gasteiger partial charge in [-0.1, -0.05) is 0 Å². The Morgan fingerprint density at radius 3 is 1.93 bits per heavy atom. The second kappa shape index (κ2) is 5.37. The highest BCUT2D eigenvalue weighted by Gasteiger charge is 2.28. The monoisotopic (exact) mass is 215 g/mol. The van der Waals surface area contributed by atoms with E-state index in [0.717, 1.165) is 17.7 Å². The Bertz CT molecular complexity index is 150. The Labute approximate surface area is 92.8 Å². The summed E-state index contributed by atoms with van der Waals surface area (Å²) in [5.74, 6) is 2.93. The van der Waals surface area contributed by atoms with E-state index in [9.17, 15) is 0 Å². The molecule has 0 aromatic rings. The van der Waals surface area contributed by atoms with Crippen LogP contribution < -0.4 is 0 Å². The van der Waals surface area contributed by atoms with Crippen LogP contribution in [0, 0.1) is 11.8 Å². The van der Waals surface area contributed by atoms with Crippen LogP contribution >= 0.6 is 11.6 Å². The van der Waals surface area contributed by atoms with E-state index < -0.39 is 0 Å². The van der Waals surface area contributed by atoms with Crippen molar-refractivity contribution in [3.63, 3.8) is 0 Å². The van der Waals surface area contributed by atoms with E-state index in [1.54, 1.807) is 0 Å². The van der Waals surface area contributed by atoms with Gasteiger partial charge in [-0.2, -0.15) is 0 Å². The van der Waals surface area contributed by atoms with Crippen LogP contribution in [0.25, 0.3) is 0 Å². The van der Waals surface area contributed by atoms with Gasteiger partial charge in [0.1, 0.15) is 0 Å². The maximum absolute atomic E-state index is 5.70. The third-order valence-corrected chi connectivity index (χ3v) is 3.55. The highest BCUT2D eigenvalue weighted by molar-refractivity contribution is 6.17. The summed E-state index contributed by atoms with van der Waals surface area (Å²) in [6.07, 6.45) is 8.41. The van der Waals surface area contributed by atoms with Gasteiger partial charge in [-0.05, 0) is 56.9 Å². The number of hydrogen-bond acceptors (Lipinski definition) is 1. The van der Waals surface area contributed by atoms with Gasteiger partial charge in [0.25, 0.3) is 0 Å². The van der Waals surface area contributed by atoms with Crippen LogP contribution in [0.1, 0.15) is 38.5 Å². The molecule has 2 aliphatic carbocycles. The first kappa shape index (κ1) is 10.8. The van der Waals surface area contributed by atoms with Crippen molar-refractivity contribution in [3.05, 3.63) is 0 Å². The Morgan fingerprint density at radius 2 is 1.50 bits per heavy atom. The minimum absolute atomic E-state index is 0.834. The van der Waals surface area contributed by atoms with Crippen molar-refractivity contribution < 1.29 is 0 Å². The first-order valence-electron chi connectivity index (χ1n) is 6.17. The Hall–Kier alpha value is 0.250. The molecule has 14 heavy (non-hydrogen) atoms. The second-order valence-electron chi connectivity index (χ2n) is 5.04. The minimum Gasteiger partial charge on any atom is -0.303 e. The van der Waals surface area contributed by atoms with Gasteiger partial charge in [-0.15, -0.1) is 11.6 Å². The van der Waals surface area contributed by atoms with Gasteiger partial charge in [0, 0.05) is 19.0 Å². The summed E-state index contributed by atoms with van der Waals surface area (Å²) in [6.45, 7) is 4.04. The maximum Gasteiger partial charge on any atom is 0.0223 e. The molecule has 0 aliphatic heterocycles. The Morgan fingerprint density at radius 1 is 0.929 bits per heavy atom. The molecule has 0 N–H and O–H groups in total. The van der Waals surface area contributed by atoms with Crippen LogP contribution in [0.4, 0.5) is 0 Å². The van der Waals surface area contributed by atoms with Crippen molar-refractivity contribution in [2.45, 2.75) is 38.5 Å². The first-order valence-corrected chi connectivity index (χ1v) is 6.70. The lowest BCUT2D eigenvalue weighted by molar-refractivity contribution is 0.249. The van der Waals surface area contributed by atoms with Gasteiger partial charge >= 0.3 is 0 Å². The van der Waals surface area contributed by atoms with Crippen LogP contribution in [-0.2, 0) is 0 Å². The molecule has 0 atom stereocenters. The number of rotatable bonds is 8. The fraction of sp³-hybridized carbons (Fsp3) is 1.00. The van der Waals surface area contributed by atoms with E-state index in [2.05, 4.69) is 4.90 Å². The molecule has 0 spiro atoms. The summed E-state index contributed by atoms with van der Waals surface area (Å²) < 4.78 is 0. The SMILES string of the molecule is ClCCCCN(CC1CC1)CC1CC1. The van der Waals surface area contributed by atoms with Gasteiger partial charge in [0.2, 0.25) is 0 Å². The molecule has 2 aliphatic rings. The first-order chi connectivity index (χ1) is 6.88. The van der Waals surface area contributed by atoms with Crippen molar-refractivity contribution in [1.82, 2.24) is 4.90 Å². The van der Waals surface area contributed by atoms with E-state index in [1.807, 2.05) is 0 Å². The Balaban J connectivity index is 1.61. The summed E-state index contributed by atoms with van der Waals surface area (Å²) in [4.78, 5) is 2.70. The smallest absolute Gasteiger partial charge is 0.0223 e. The highest BCUT2D eigenvalue weighted by Crippen LogP contribution is 2.33. The van der Waals surface area contributed by atoms with E-state index in [1.165, 1.54) is 58.2 Å². The summed E-state index contributed by atoms with van der Waals surface area (Å²) in [6, 6.07) is 0. The zero-order valence-electron chi connectivity index (χ0n) is 9.05. The fourth-order valence-corrected chi connectivity index (χ4v) is 2.21. The fourth-order valence-electron chi connectivity index (χ4n) is 2.02. The average Bonchev–Trinajstić information content (AvgIpc) is 2.99. The molecular formula is C12H22ClN. The van der Waals surface area contributed by atoms with Gasteiger partial charge in [0.15, 0.2) is 0 Å². The lowest BCUT2D eigenvalue weighted by atomic mass is 10.2. The van der Waals surface area contributed by atoms with E-state index >= 15 is 0 Å². The number of unbranched alkanes of at least 4 members (excludes halogenated alkanes) is 1. The molecule has 82 valence electrons. The molecule has 2 saturated carbocycles. The molecule has 0 amide bonds. The quantitative estimate of drug-likeness (QED) is 0.444. The van der Waals surface area contributed by atoms with Crippen molar-refractivity contribution in [1.29, 1.82) is 0 Å². The normalized spacial score (nSPS) is 21.9. The van der Waals surface area contributed by atoms with Crippen molar-refractivity contribution in [2.75, 3.05) is 25.5 Å². The molecule has 0 radical (unpaired) electrons. The van der Waals surface area contributed by atoms with Crippen molar-refractivity contribution >= 4 is 11.6 Å². The van der Waals surface area contributed by atoms with Gasteiger partial charge in [-0.3, -0.25) is 0 Å². The summed E-state index contributed by atoms with van der Waals surface area (Å²) in [7, 11) is 0. The molecule has 0 bridgehead atoms. The topological polar surface area (TPSA) is 3.24 Å². The lowest BCUT2D eigenvalue weighted by Gasteiger charge is -2.21. The van der Waals surface area contributed by atoms with Crippen LogP contribution in [0.2, 0.25) is 0 Å². The molecule has 1 nitrogen and oxygen atoms in total. The standard InChI is InChI=1S/C12H22ClN/c13-7-1-2-8-14(9-11-3-4-11)10-12-5-6-12/h11-12H,1-10H2. The molecule has 0 aromatic carbocycles.